The Morgan fingerprint density at radius 1 is 1.14 bits per heavy atom. The van der Waals surface area contributed by atoms with Crippen LogP contribution in [0.3, 0.4) is 0 Å². The SMILES string of the molecule is CC[C@H](C(=O)Nc1ccc2c(c1)OCCO2)N(c1ccc(Cl)cc1)S(C)(=O)=O. The third-order valence-electron chi connectivity index (χ3n) is 4.22. The number of benzene rings is 2. The van der Waals surface area contributed by atoms with E-state index in [4.69, 9.17) is 21.1 Å². The van der Waals surface area contributed by atoms with Crippen molar-refractivity contribution in [3.8, 4) is 11.5 Å². The minimum Gasteiger partial charge on any atom is -0.486 e. The van der Waals surface area contributed by atoms with Crippen molar-refractivity contribution in [3.05, 3.63) is 47.5 Å². The molecular weight excluding hydrogens is 404 g/mol. The molecule has 2 aromatic carbocycles. The van der Waals surface area contributed by atoms with Gasteiger partial charge in [-0.25, -0.2) is 8.42 Å². The number of sulfonamides is 1. The fraction of sp³-hybridized carbons (Fsp3) is 0.316. The van der Waals surface area contributed by atoms with Gasteiger partial charge in [0.05, 0.1) is 11.9 Å². The number of rotatable bonds is 6. The maximum atomic E-state index is 12.9. The predicted octanol–water partition coefficient (Wildman–Crippen LogP) is 3.29. The molecule has 0 saturated carbocycles. The molecule has 0 spiro atoms. The highest BCUT2D eigenvalue weighted by Crippen LogP contribution is 2.33. The van der Waals surface area contributed by atoms with Crippen LogP contribution in [0.2, 0.25) is 5.02 Å². The monoisotopic (exact) mass is 424 g/mol. The second kappa shape index (κ2) is 8.28. The van der Waals surface area contributed by atoms with Crippen molar-refractivity contribution in [2.45, 2.75) is 19.4 Å². The number of ether oxygens (including phenoxy) is 2. The third kappa shape index (κ3) is 4.51. The fourth-order valence-electron chi connectivity index (χ4n) is 2.99. The van der Waals surface area contributed by atoms with Crippen LogP contribution >= 0.6 is 11.6 Å². The van der Waals surface area contributed by atoms with Gasteiger partial charge in [0, 0.05) is 16.8 Å². The van der Waals surface area contributed by atoms with E-state index in [9.17, 15) is 13.2 Å². The van der Waals surface area contributed by atoms with E-state index in [1.807, 2.05) is 0 Å². The first-order valence-corrected chi connectivity index (χ1v) is 11.0. The van der Waals surface area contributed by atoms with E-state index < -0.39 is 22.0 Å². The molecule has 0 saturated heterocycles. The number of halogens is 1. The lowest BCUT2D eigenvalue weighted by Crippen LogP contribution is -2.47. The van der Waals surface area contributed by atoms with Gasteiger partial charge in [0.1, 0.15) is 19.3 Å². The average Bonchev–Trinajstić information content (AvgIpc) is 2.66. The van der Waals surface area contributed by atoms with E-state index in [1.165, 1.54) is 0 Å². The van der Waals surface area contributed by atoms with Crippen molar-refractivity contribution in [1.82, 2.24) is 0 Å². The standard InChI is InChI=1S/C19H21ClN2O5S/c1-3-16(22(28(2,24)25)15-7-4-13(20)5-8-15)19(23)21-14-6-9-17-18(12-14)27-11-10-26-17/h4-9,12,16H,3,10-11H2,1-2H3,(H,21,23)/t16-/m1/s1. The summed E-state index contributed by atoms with van der Waals surface area (Å²) in [6.45, 7) is 2.66. The van der Waals surface area contributed by atoms with E-state index in [0.717, 1.165) is 10.6 Å². The molecule has 7 nitrogen and oxygen atoms in total. The molecule has 2 aromatic rings. The summed E-state index contributed by atoms with van der Waals surface area (Å²) in [4.78, 5) is 12.9. The molecule has 1 heterocycles. The summed E-state index contributed by atoms with van der Waals surface area (Å²) in [6.07, 6.45) is 1.35. The Hall–Kier alpha value is -2.45. The quantitative estimate of drug-likeness (QED) is 0.769. The van der Waals surface area contributed by atoms with Crippen molar-refractivity contribution in [2.24, 2.45) is 0 Å². The van der Waals surface area contributed by atoms with Gasteiger partial charge in [-0.05, 0) is 42.8 Å². The van der Waals surface area contributed by atoms with Gasteiger partial charge in [0.2, 0.25) is 15.9 Å². The molecule has 1 aliphatic heterocycles. The Bertz CT molecular complexity index is 963. The summed E-state index contributed by atoms with van der Waals surface area (Å²) in [7, 11) is -3.71. The minimum atomic E-state index is -3.71. The second-order valence-corrected chi connectivity index (χ2v) is 8.60. The largest absolute Gasteiger partial charge is 0.486 e. The molecule has 0 fully saturated rings. The van der Waals surface area contributed by atoms with E-state index >= 15 is 0 Å². The molecule has 9 heteroatoms. The molecule has 1 amide bonds. The molecule has 3 rings (SSSR count). The molecule has 0 unspecified atom stereocenters. The molecule has 0 aliphatic carbocycles. The van der Waals surface area contributed by atoms with Crippen LogP contribution in [-0.2, 0) is 14.8 Å². The maximum Gasteiger partial charge on any atom is 0.248 e. The van der Waals surface area contributed by atoms with Crippen LogP contribution in [0.25, 0.3) is 0 Å². The van der Waals surface area contributed by atoms with Crippen molar-refractivity contribution >= 4 is 38.9 Å². The van der Waals surface area contributed by atoms with Gasteiger partial charge in [-0.15, -0.1) is 0 Å². The van der Waals surface area contributed by atoms with Crippen molar-refractivity contribution in [3.63, 3.8) is 0 Å². The van der Waals surface area contributed by atoms with Crippen molar-refractivity contribution in [1.29, 1.82) is 0 Å². The summed E-state index contributed by atoms with van der Waals surface area (Å²) in [5.74, 6) is 0.699. The number of hydrogen-bond acceptors (Lipinski definition) is 5. The Morgan fingerprint density at radius 3 is 2.39 bits per heavy atom. The van der Waals surface area contributed by atoms with Crippen LogP contribution in [0.15, 0.2) is 42.5 Å². The van der Waals surface area contributed by atoms with Crippen LogP contribution in [-0.4, -0.2) is 39.8 Å². The zero-order valence-electron chi connectivity index (χ0n) is 15.5. The fourth-order valence-corrected chi connectivity index (χ4v) is 4.33. The molecule has 0 bridgehead atoms. The first-order valence-electron chi connectivity index (χ1n) is 8.75. The zero-order chi connectivity index (χ0) is 20.3. The number of nitrogens with one attached hydrogen (secondary N) is 1. The number of anilines is 2. The molecule has 0 radical (unpaired) electrons. The second-order valence-electron chi connectivity index (χ2n) is 6.31. The lowest BCUT2D eigenvalue weighted by Gasteiger charge is -2.30. The van der Waals surface area contributed by atoms with Gasteiger partial charge in [0.15, 0.2) is 11.5 Å². The van der Waals surface area contributed by atoms with Crippen LogP contribution < -0.4 is 19.1 Å². The summed E-state index contributed by atoms with van der Waals surface area (Å²) >= 11 is 5.90. The molecule has 1 atom stereocenters. The molecule has 0 aromatic heterocycles. The topological polar surface area (TPSA) is 84.9 Å². The van der Waals surface area contributed by atoms with E-state index in [2.05, 4.69) is 5.32 Å². The first kappa shape index (κ1) is 20.3. The van der Waals surface area contributed by atoms with Crippen LogP contribution in [0.4, 0.5) is 11.4 Å². The summed E-state index contributed by atoms with van der Waals surface area (Å²) in [6, 6.07) is 10.4. The predicted molar refractivity (Wildman–Crippen MR) is 109 cm³/mol. The minimum absolute atomic E-state index is 0.284. The Morgan fingerprint density at radius 2 is 1.79 bits per heavy atom. The first-order chi connectivity index (χ1) is 13.3. The third-order valence-corrected chi connectivity index (χ3v) is 5.65. The number of hydrogen-bond donors (Lipinski definition) is 1. The zero-order valence-corrected chi connectivity index (χ0v) is 17.1. The summed E-state index contributed by atoms with van der Waals surface area (Å²) in [5.41, 5.74) is 0.869. The molecule has 28 heavy (non-hydrogen) atoms. The highest BCUT2D eigenvalue weighted by Gasteiger charge is 2.31. The Kier molecular flexibility index (Phi) is 6.00. The number of carbonyl (C=O) groups excluding carboxylic acids is 1. The number of fused-ring (bicyclic) bond motifs is 1. The van der Waals surface area contributed by atoms with Crippen molar-refractivity contribution in [2.75, 3.05) is 29.1 Å². The molecule has 1 aliphatic rings. The highest BCUT2D eigenvalue weighted by atomic mass is 35.5. The molecular formula is C19H21ClN2O5S. The van der Waals surface area contributed by atoms with Gasteiger partial charge in [-0.3, -0.25) is 9.10 Å². The average molecular weight is 425 g/mol. The lowest BCUT2D eigenvalue weighted by molar-refractivity contribution is -0.117. The van der Waals surface area contributed by atoms with Gasteiger partial charge in [0.25, 0.3) is 0 Å². The highest BCUT2D eigenvalue weighted by molar-refractivity contribution is 7.92. The van der Waals surface area contributed by atoms with Gasteiger partial charge < -0.3 is 14.8 Å². The maximum absolute atomic E-state index is 12.9. The summed E-state index contributed by atoms with van der Waals surface area (Å²) < 4.78 is 37.0. The van der Waals surface area contributed by atoms with Crippen LogP contribution in [0.1, 0.15) is 13.3 Å². The number of amides is 1. The van der Waals surface area contributed by atoms with Gasteiger partial charge in [-0.1, -0.05) is 18.5 Å². The van der Waals surface area contributed by atoms with E-state index in [1.54, 1.807) is 49.4 Å². The van der Waals surface area contributed by atoms with E-state index in [0.29, 0.717) is 41.1 Å². The van der Waals surface area contributed by atoms with Gasteiger partial charge in [-0.2, -0.15) is 0 Å². The summed E-state index contributed by atoms with van der Waals surface area (Å²) in [5, 5.41) is 3.25. The number of carbonyl (C=O) groups is 1. The molecule has 150 valence electrons. The van der Waals surface area contributed by atoms with E-state index in [-0.39, 0.29) is 6.42 Å². The smallest absolute Gasteiger partial charge is 0.248 e. The lowest BCUT2D eigenvalue weighted by atomic mass is 10.1. The molecule has 1 N–H and O–H groups in total. The van der Waals surface area contributed by atoms with Crippen LogP contribution in [0, 0.1) is 0 Å². The number of nitrogens with zero attached hydrogens (tertiary/aromatic N) is 1. The normalized spacial score (nSPS) is 14.2. The van der Waals surface area contributed by atoms with Gasteiger partial charge >= 0.3 is 0 Å². The van der Waals surface area contributed by atoms with Crippen molar-refractivity contribution < 1.29 is 22.7 Å². The van der Waals surface area contributed by atoms with Crippen LogP contribution in [0.5, 0.6) is 11.5 Å². The Labute approximate surface area is 169 Å². The Balaban J connectivity index is 1.87.